The lowest BCUT2D eigenvalue weighted by atomic mass is 10.0. The summed E-state index contributed by atoms with van der Waals surface area (Å²) in [5, 5.41) is 8.76. The van der Waals surface area contributed by atoms with Crippen molar-refractivity contribution >= 4 is 11.7 Å². The van der Waals surface area contributed by atoms with Gasteiger partial charge in [0.15, 0.2) is 0 Å². The van der Waals surface area contributed by atoms with Crippen molar-refractivity contribution in [1.82, 2.24) is 4.57 Å². The van der Waals surface area contributed by atoms with Crippen molar-refractivity contribution in [3.8, 4) is 0 Å². The maximum Gasteiger partial charge on any atom is 0.310 e. The molecule has 1 rings (SSSR count). The number of aryl methyl sites for hydroxylation is 1. The number of nitrogens with two attached hydrogens (primary N) is 1. The van der Waals surface area contributed by atoms with Gasteiger partial charge in [0.2, 0.25) is 0 Å². The first-order chi connectivity index (χ1) is 6.43. The molecule has 0 aromatic carbocycles. The van der Waals surface area contributed by atoms with Gasteiger partial charge in [-0.25, -0.2) is 0 Å². The number of rotatable bonds is 2. The topological polar surface area (TPSA) is 85.3 Å². The van der Waals surface area contributed by atoms with E-state index >= 15 is 0 Å². The molecule has 0 radical (unpaired) electrons. The van der Waals surface area contributed by atoms with Gasteiger partial charge in [0, 0.05) is 19.3 Å². The van der Waals surface area contributed by atoms with Crippen LogP contribution in [0.25, 0.3) is 0 Å². The van der Waals surface area contributed by atoms with Crippen LogP contribution in [0.4, 0.5) is 5.69 Å². The van der Waals surface area contributed by atoms with Gasteiger partial charge in [0.1, 0.15) is 0 Å². The van der Waals surface area contributed by atoms with Crippen LogP contribution in [-0.4, -0.2) is 15.6 Å². The second kappa shape index (κ2) is 3.53. The summed E-state index contributed by atoms with van der Waals surface area (Å²) in [4.78, 5) is 21.9. The monoisotopic (exact) mass is 196 g/mol. The Bertz CT molecular complexity index is 423. The number of anilines is 1. The Morgan fingerprint density at radius 1 is 1.64 bits per heavy atom. The fraction of sp³-hybridized carbons (Fsp3) is 0.333. The molecule has 0 aliphatic rings. The fourth-order valence-electron chi connectivity index (χ4n) is 1.17. The molecule has 0 aliphatic carbocycles. The molecule has 1 aromatic heterocycles. The molecule has 14 heavy (non-hydrogen) atoms. The van der Waals surface area contributed by atoms with Crippen molar-refractivity contribution in [3.63, 3.8) is 0 Å². The number of hydrogen-bond acceptors (Lipinski definition) is 3. The highest BCUT2D eigenvalue weighted by atomic mass is 16.4. The summed E-state index contributed by atoms with van der Waals surface area (Å²) in [7, 11) is 1.56. The zero-order valence-electron chi connectivity index (χ0n) is 8.02. The molecular formula is C9H12N2O3. The largest absolute Gasteiger partial charge is 0.481 e. The van der Waals surface area contributed by atoms with Crippen LogP contribution in [0.1, 0.15) is 18.4 Å². The van der Waals surface area contributed by atoms with Crippen molar-refractivity contribution in [1.29, 1.82) is 0 Å². The molecule has 0 spiro atoms. The molecule has 5 heteroatoms. The standard InChI is InChI=1S/C9H12N2O3/c1-5(9(13)14)6-3-8(12)11(2)4-7(6)10/h3-5H,10H2,1-2H3,(H,13,14). The minimum absolute atomic E-state index is 0.262. The Morgan fingerprint density at radius 3 is 2.71 bits per heavy atom. The molecule has 76 valence electrons. The van der Waals surface area contributed by atoms with E-state index in [4.69, 9.17) is 10.8 Å². The van der Waals surface area contributed by atoms with Gasteiger partial charge >= 0.3 is 5.97 Å². The van der Waals surface area contributed by atoms with Gasteiger partial charge in [-0.05, 0) is 12.5 Å². The Hall–Kier alpha value is -1.78. The molecule has 0 aliphatic heterocycles. The van der Waals surface area contributed by atoms with Crippen molar-refractivity contribution in [2.24, 2.45) is 7.05 Å². The number of hydrogen-bond donors (Lipinski definition) is 2. The van der Waals surface area contributed by atoms with Crippen LogP contribution >= 0.6 is 0 Å². The maximum atomic E-state index is 11.2. The summed E-state index contributed by atoms with van der Waals surface area (Å²) in [6, 6.07) is 1.26. The second-order valence-corrected chi connectivity index (χ2v) is 3.19. The Balaban J connectivity index is 3.29. The zero-order chi connectivity index (χ0) is 10.9. The average Bonchev–Trinajstić information content (AvgIpc) is 2.10. The fourth-order valence-corrected chi connectivity index (χ4v) is 1.17. The zero-order valence-corrected chi connectivity index (χ0v) is 8.02. The molecule has 0 bridgehead atoms. The summed E-state index contributed by atoms with van der Waals surface area (Å²) in [5.41, 5.74) is 6.03. The van der Waals surface area contributed by atoms with Gasteiger partial charge < -0.3 is 15.4 Å². The highest BCUT2D eigenvalue weighted by molar-refractivity contribution is 5.77. The average molecular weight is 196 g/mol. The van der Waals surface area contributed by atoms with E-state index in [0.717, 1.165) is 0 Å². The molecule has 0 amide bonds. The number of nitrogen functional groups attached to an aromatic ring is 1. The van der Waals surface area contributed by atoms with Crippen LogP contribution in [0.3, 0.4) is 0 Å². The predicted molar refractivity (Wildman–Crippen MR) is 52.1 cm³/mol. The number of carboxylic acid groups (broad SMARTS) is 1. The maximum absolute atomic E-state index is 11.2. The Labute approximate surface area is 80.8 Å². The van der Waals surface area contributed by atoms with E-state index in [1.54, 1.807) is 7.05 Å². The number of carboxylic acids is 1. The molecule has 5 nitrogen and oxygen atoms in total. The van der Waals surface area contributed by atoms with Crippen LogP contribution in [0, 0.1) is 0 Å². The van der Waals surface area contributed by atoms with Gasteiger partial charge in [-0.1, -0.05) is 0 Å². The molecular weight excluding hydrogens is 184 g/mol. The van der Waals surface area contributed by atoms with E-state index in [2.05, 4.69) is 0 Å². The van der Waals surface area contributed by atoms with Crippen LogP contribution < -0.4 is 11.3 Å². The number of nitrogens with zero attached hydrogens (tertiary/aromatic N) is 1. The highest BCUT2D eigenvalue weighted by Gasteiger charge is 2.17. The number of aliphatic carboxylic acids is 1. The van der Waals surface area contributed by atoms with Crippen molar-refractivity contribution in [2.45, 2.75) is 12.8 Å². The lowest BCUT2D eigenvalue weighted by molar-refractivity contribution is -0.138. The van der Waals surface area contributed by atoms with Crippen LogP contribution in [0.15, 0.2) is 17.1 Å². The first kappa shape index (κ1) is 10.3. The quantitative estimate of drug-likeness (QED) is 0.705. The highest BCUT2D eigenvalue weighted by Crippen LogP contribution is 2.19. The van der Waals surface area contributed by atoms with E-state index in [0.29, 0.717) is 11.3 Å². The van der Waals surface area contributed by atoms with E-state index in [1.165, 1.54) is 23.8 Å². The second-order valence-electron chi connectivity index (χ2n) is 3.19. The minimum Gasteiger partial charge on any atom is -0.481 e. The van der Waals surface area contributed by atoms with Crippen LogP contribution in [0.2, 0.25) is 0 Å². The third-order valence-corrected chi connectivity index (χ3v) is 2.13. The SMILES string of the molecule is CC(C(=O)O)c1cc(=O)n(C)cc1N. The number of pyridine rings is 1. The van der Waals surface area contributed by atoms with Crippen LogP contribution in [-0.2, 0) is 11.8 Å². The van der Waals surface area contributed by atoms with Gasteiger partial charge in [-0.2, -0.15) is 0 Å². The smallest absolute Gasteiger partial charge is 0.310 e. The predicted octanol–water partition coefficient (Wildman–Crippen LogP) is 0.156. The summed E-state index contributed by atoms with van der Waals surface area (Å²) >= 11 is 0. The first-order valence-corrected chi connectivity index (χ1v) is 4.12. The lowest BCUT2D eigenvalue weighted by Crippen LogP contribution is -2.20. The first-order valence-electron chi connectivity index (χ1n) is 4.12. The molecule has 3 N–H and O–H groups in total. The molecule has 1 aromatic rings. The molecule has 1 heterocycles. The molecule has 1 atom stereocenters. The van der Waals surface area contributed by atoms with E-state index in [-0.39, 0.29) is 5.56 Å². The van der Waals surface area contributed by atoms with Gasteiger partial charge in [0.25, 0.3) is 5.56 Å². The molecule has 0 fully saturated rings. The van der Waals surface area contributed by atoms with Crippen LogP contribution in [0.5, 0.6) is 0 Å². The van der Waals surface area contributed by atoms with E-state index in [1.807, 2.05) is 0 Å². The molecule has 0 saturated carbocycles. The Kier molecular flexibility index (Phi) is 2.60. The van der Waals surface area contributed by atoms with Crippen molar-refractivity contribution in [2.75, 3.05) is 5.73 Å². The minimum atomic E-state index is -0.995. The summed E-state index contributed by atoms with van der Waals surface area (Å²) in [6.45, 7) is 1.49. The van der Waals surface area contributed by atoms with Gasteiger partial charge in [0.05, 0.1) is 11.6 Å². The van der Waals surface area contributed by atoms with Gasteiger partial charge in [-0.15, -0.1) is 0 Å². The number of aromatic nitrogens is 1. The molecule has 1 unspecified atom stereocenters. The molecule has 0 saturated heterocycles. The van der Waals surface area contributed by atoms with E-state index < -0.39 is 11.9 Å². The van der Waals surface area contributed by atoms with Gasteiger partial charge in [-0.3, -0.25) is 9.59 Å². The van der Waals surface area contributed by atoms with E-state index in [9.17, 15) is 9.59 Å². The summed E-state index contributed by atoms with van der Waals surface area (Å²) in [5.74, 6) is -1.76. The summed E-state index contributed by atoms with van der Waals surface area (Å²) in [6.07, 6.45) is 1.43. The van der Waals surface area contributed by atoms with Crippen molar-refractivity contribution in [3.05, 3.63) is 28.2 Å². The lowest BCUT2D eigenvalue weighted by Gasteiger charge is -2.10. The third-order valence-electron chi connectivity index (χ3n) is 2.13. The normalized spacial score (nSPS) is 12.4. The summed E-state index contributed by atoms with van der Waals surface area (Å²) < 4.78 is 1.31. The number of carbonyl (C=O) groups is 1. The Morgan fingerprint density at radius 2 is 2.21 bits per heavy atom. The van der Waals surface area contributed by atoms with Crippen molar-refractivity contribution < 1.29 is 9.90 Å². The third kappa shape index (κ3) is 1.76.